The molecular formula is C14H27O2. The molecule has 0 aliphatic carbocycles. The van der Waals surface area contributed by atoms with Crippen LogP contribution in [-0.2, 0) is 9.53 Å². The number of carbonyl (C=O) groups excluding carboxylic acids is 1. The van der Waals surface area contributed by atoms with E-state index in [2.05, 4.69) is 39.4 Å². The number of hydrogen-bond donors (Lipinski definition) is 0. The minimum absolute atomic E-state index is 0.447. The van der Waals surface area contributed by atoms with Crippen LogP contribution in [0.15, 0.2) is 0 Å². The summed E-state index contributed by atoms with van der Waals surface area (Å²) in [6.45, 7) is 13.3. The quantitative estimate of drug-likeness (QED) is 0.599. The third-order valence-electron chi connectivity index (χ3n) is 2.91. The second-order valence-corrected chi connectivity index (χ2v) is 5.81. The molecule has 2 heteroatoms. The van der Waals surface area contributed by atoms with Crippen molar-refractivity contribution in [1.82, 2.24) is 0 Å². The second kappa shape index (κ2) is 8.60. The summed E-state index contributed by atoms with van der Waals surface area (Å²) in [6.07, 6.45) is 3.70. The van der Waals surface area contributed by atoms with Crippen molar-refractivity contribution in [2.75, 3.05) is 6.61 Å². The summed E-state index contributed by atoms with van der Waals surface area (Å²) >= 11 is 0. The first kappa shape index (κ1) is 15.5. The zero-order valence-corrected chi connectivity index (χ0v) is 11.5. The van der Waals surface area contributed by atoms with Gasteiger partial charge in [-0.25, -0.2) is 4.79 Å². The molecule has 95 valence electrons. The largest absolute Gasteiger partial charge is 0.457 e. The molecular weight excluding hydrogens is 200 g/mol. The highest BCUT2D eigenvalue weighted by Gasteiger charge is 2.13. The fourth-order valence-corrected chi connectivity index (χ4v) is 2.62. The number of hydrogen-bond acceptors (Lipinski definition) is 2. The molecule has 1 radical (unpaired) electrons. The standard InChI is InChI=1S/C14H27O2/c1-11(2)6-12(3)7-13(4)8-14(5)9-16-10-15/h11-14H,6-9H2,1-5H3. The Bertz CT molecular complexity index is 178. The van der Waals surface area contributed by atoms with Crippen molar-refractivity contribution in [2.24, 2.45) is 23.7 Å². The summed E-state index contributed by atoms with van der Waals surface area (Å²) in [5.74, 6) is 2.73. The van der Waals surface area contributed by atoms with Crippen LogP contribution in [0, 0.1) is 23.7 Å². The lowest BCUT2D eigenvalue weighted by atomic mass is 9.86. The zero-order chi connectivity index (χ0) is 12.6. The van der Waals surface area contributed by atoms with Crippen molar-refractivity contribution in [3.05, 3.63) is 0 Å². The van der Waals surface area contributed by atoms with Crippen LogP contribution < -0.4 is 0 Å². The molecule has 0 spiro atoms. The van der Waals surface area contributed by atoms with E-state index in [0.717, 1.165) is 18.3 Å². The lowest BCUT2D eigenvalue weighted by Gasteiger charge is -2.21. The van der Waals surface area contributed by atoms with Gasteiger partial charge >= 0.3 is 6.47 Å². The predicted octanol–water partition coefficient (Wildman–Crippen LogP) is 3.80. The van der Waals surface area contributed by atoms with E-state index in [1.807, 2.05) is 0 Å². The third kappa shape index (κ3) is 8.75. The smallest absolute Gasteiger partial charge is 0.417 e. The van der Waals surface area contributed by atoms with Gasteiger partial charge in [0.1, 0.15) is 0 Å². The molecule has 2 nitrogen and oxygen atoms in total. The molecule has 0 aromatic carbocycles. The number of rotatable bonds is 9. The van der Waals surface area contributed by atoms with E-state index >= 15 is 0 Å². The van der Waals surface area contributed by atoms with E-state index < -0.39 is 0 Å². The average molecular weight is 227 g/mol. The highest BCUT2D eigenvalue weighted by molar-refractivity contribution is 5.38. The molecule has 0 aliphatic heterocycles. The van der Waals surface area contributed by atoms with Crippen LogP contribution in [0.25, 0.3) is 0 Å². The van der Waals surface area contributed by atoms with Gasteiger partial charge in [-0.15, -0.1) is 0 Å². The van der Waals surface area contributed by atoms with Gasteiger partial charge in [-0.3, -0.25) is 0 Å². The van der Waals surface area contributed by atoms with Crippen molar-refractivity contribution in [3.8, 4) is 0 Å². The van der Waals surface area contributed by atoms with Crippen molar-refractivity contribution >= 4 is 6.47 Å². The van der Waals surface area contributed by atoms with Crippen molar-refractivity contribution < 1.29 is 9.53 Å². The summed E-state index contributed by atoms with van der Waals surface area (Å²) in [7, 11) is 0. The molecule has 0 heterocycles. The summed E-state index contributed by atoms with van der Waals surface area (Å²) in [5.41, 5.74) is 0. The van der Waals surface area contributed by atoms with E-state index in [-0.39, 0.29) is 0 Å². The summed E-state index contributed by atoms with van der Waals surface area (Å²) < 4.78 is 4.66. The Hall–Kier alpha value is -0.530. The van der Waals surface area contributed by atoms with E-state index in [1.54, 1.807) is 0 Å². The van der Waals surface area contributed by atoms with Gasteiger partial charge in [0.05, 0.1) is 6.61 Å². The van der Waals surface area contributed by atoms with Crippen molar-refractivity contribution in [1.29, 1.82) is 0 Å². The van der Waals surface area contributed by atoms with Crippen LogP contribution in [0.5, 0.6) is 0 Å². The molecule has 0 aliphatic rings. The van der Waals surface area contributed by atoms with Crippen LogP contribution in [0.4, 0.5) is 0 Å². The van der Waals surface area contributed by atoms with Crippen LogP contribution in [0.1, 0.15) is 53.9 Å². The first-order valence-electron chi connectivity index (χ1n) is 6.44. The van der Waals surface area contributed by atoms with Gasteiger partial charge in [0, 0.05) is 0 Å². The summed E-state index contributed by atoms with van der Waals surface area (Å²) in [4.78, 5) is 9.95. The summed E-state index contributed by atoms with van der Waals surface area (Å²) in [5, 5.41) is 0. The molecule has 3 atom stereocenters. The summed E-state index contributed by atoms with van der Waals surface area (Å²) in [6, 6.07) is 0. The normalized spacial score (nSPS) is 16.9. The second-order valence-electron chi connectivity index (χ2n) is 5.81. The van der Waals surface area contributed by atoms with Crippen molar-refractivity contribution in [3.63, 3.8) is 0 Å². The van der Waals surface area contributed by atoms with Gasteiger partial charge < -0.3 is 4.74 Å². The fraction of sp³-hybridized carbons (Fsp3) is 0.929. The minimum Gasteiger partial charge on any atom is -0.457 e. The maximum absolute atomic E-state index is 9.95. The molecule has 0 N–H and O–H groups in total. The first-order valence-corrected chi connectivity index (χ1v) is 6.44. The van der Waals surface area contributed by atoms with Gasteiger partial charge in [0.2, 0.25) is 0 Å². The molecule has 3 unspecified atom stereocenters. The maximum atomic E-state index is 9.95. The molecule has 0 fully saturated rings. The first-order chi connectivity index (χ1) is 7.45. The molecule has 0 aromatic heterocycles. The lowest BCUT2D eigenvalue weighted by Crippen LogP contribution is -2.12. The zero-order valence-electron chi connectivity index (χ0n) is 11.5. The number of ether oxygens (including phenoxy) is 1. The topological polar surface area (TPSA) is 26.3 Å². The van der Waals surface area contributed by atoms with E-state index in [9.17, 15) is 4.79 Å². The molecule has 0 saturated carbocycles. The Morgan fingerprint density at radius 1 is 0.875 bits per heavy atom. The SMILES string of the molecule is CC(C)CC(C)CC(C)CC(C)CO[C]=O. The van der Waals surface area contributed by atoms with Gasteiger partial charge in [0.15, 0.2) is 0 Å². The molecule has 16 heavy (non-hydrogen) atoms. The van der Waals surface area contributed by atoms with Crippen molar-refractivity contribution in [2.45, 2.75) is 53.9 Å². The fourth-order valence-electron chi connectivity index (χ4n) is 2.62. The highest BCUT2D eigenvalue weighted by atomic mass is 16.5. The van der Waals surface area contributed by atoms with Crippen LogP contribution in [0.3, 0.4) is 0 Å². The molecule has 0 rings (SSSR count). The Balaban J connectivity index is 3.70. The van der Waals surface area contributed by atoms with E-state index in [4.69, 9.17) is 0 Å². The Morgan fingerprint density at radius 2 is 1.38 bits per heavy atom. The maximum Gasteiger partial charge on any atom is 0.417 e. The van der Waals surface area contributed by atoms with Crippen LogP contribution >= 0.6 is 0 Å². The average Bonchev–Trinajstić information content (AvgIpc) is 2.12. The molecule has 0 saturated heterocycles. The molecule has 0 bridgehead atoms. The van der Waals surface area contributed by atoms with E-state index in [0.29, 0.717) is 18.4 Å². The van der Waals surface area contributed by atoms with Crippen LogP contribution in [-0.4, -0.2) is 13.1 Å². The van der Waals surface area contributed by atoms with Gasteiger partial charge in [0.25, 0.3) is 0 Å². The Labute approximate surface area is 101 Å². The van der Waals surface area contributed by atoms with Gasteiger partial charge in [-0.2, -0.15) is 0 Å². The van der Waals surface area contributed by atoms with Crippen LogP contribution in [0.2, 0.25) is 0 Å². The third-order valence-corrected chi connectivity index (χ3v) is 2.91. The van der Waals surface area contributed by atoms with Gasteiger partial charge in [-0.1, -0.05) is 34.6 Å². The van der Waals surface area contributed by atoms with Gasteiger partial charge in [-0.05, 0) is 42.9 Å². The Kier molecular flexibility index (Phi) is 8.32. The molecule has 0 aromatic rings. The van der Waals surface area contributed by atoms with E-state index in [1.165, 1.54) is 19.3 Å². The minimum atomic E-state index is 0.447. The lowest BCUT2D eigenvalue weighted by molar-refractivity contribution is 0.204. The Morgan fingerprint density at radius 3 is 1.88 bits per heavy atom. The monoisotopic (exact) mass is 227 g/mol. The highest BCUT2D eigenvalue weighted by Crippen LogP contribution is 2.23. The predicted molar refractivity (Wildman–Crippen MR) is 67.8 cm³/mol. The molecule has 0 amide bonds.